The molecular formula is C29H32N2OS. The van der Waals surface area contributed by atoms with Gasteiger partial charge in [-0.05, 0) is 66.2 Å². The number of likely N-dealkylation sites (tertiary alicyclic amines) is 1. The summed E-state index contributed by atoms with van der Waals surface area (Å²) >= 11 is 1.88. The zero-order chi connectivity index (χ0) is 22.3. The fourth-order valence-corrected chi connectivity index (χ4v) is 7.78. The van der Waals surface area contributed by atoms with E-state index in [1.54, 1.807) is 0 Å². The first-order valence-corrected chi connectivity index (χ1v) is 13.3. The Labute approximate surface area is 200 Å². The third-order valence-electron chi connectivity index (χ3n) is 8.40. The fraction of sp³-hybridized carbons (Fsp3) is 0.414. The Balaban J connectivity index is 1.33. The Hall–Kier alpha value is -2.43. The number of nitrogens with one attached hydrogen (secondary N) is 1. The molecule has 1 unspecified atom stereocenters. The first-order valence-electron chi connectivity index (χ1n) is 12.4. The van der Waals surface area contributed by atoms with E-state index in [9.17, 15) is 4.79 Å². The van der Waals surface area contributed by atoms with Gasteiger partial charge in [-0.1, -0.05) is 60.7 Å². The summed E-state index contributed by atoms with van der Waals surface area (Å²) in [5.74, 6) is 0.888. The second-order valence-corrected chi connectivity index (χ2v) is 11.0. The van der Waals surface area contributed by atoms with E-state index in [1.165, 1.54) is 34.4 Å². The van der Waals surface area contributed by atoms with Crippen molar-refractivity contribution in [2.45, 2.75) is 49.5 Å². The molecule has 1 aromatic heterocycles. The summed E-state index contributed by atoms with van der Waals surface area (Å²) in [6.07, 6.45) is 5.52. The van der Waals surface area contributed by atoms with Gasteiger partial charge in [-0.25, -0.2) is 0 Å². The summed E-state index contributed by atoms with van der Waals surface area (Å²) in [7, 11) is 0. The van der Waals surface area contributed by atoms with Gasteiger partial charge in [-0.15, -0.1) is 11.3 Å². The molecule has 0 radical (unpaired) electrons. The van der Waals surface area contributed by atoms with Crippen molar-refractivity contribution in [1.29, 1.82) is 0 Å². The van der Waals surface area contributed by atoms with Gasteiger partial charge >= 0.3 is 0 Å². The van der Waals surface area contributed by atoms with Gasteiger partial charge in [0.05, 0.1) is 12.0 Å². The number of rotatable bonds is 3. The number of amides is 1. The highest BCUT2D eigenvalue weighted by atomic mass is 32.1. The first kappa shape index (κ1) is 21.1. The molecule has 4 heteroatoms. The molecule has 33 heavy (non-hydrogen) atoms. The van der Waals surface area contributed by atoms with Gasteiger partial charge in [0.25, 0.3) is 0 Å². The second-order valence-electron chi connectivity index (χ2n) is 10.0. The number of fused-ring (bicyclic) bond motifs is 2. The fourth-order valence-electron chi connectivity index (χ4n) is 6.75. The summed E-state index contributed by atoms with van der Waals surface area (Å²) in [5, 5.41) is 5.86. The molecule has 1 amide bonds. The lowest BCUT2D eigenvalue weighted by Gasteiger charge is -2.45. The second kappa shape index (κ2) is 8.73. The number of thiophene rings is 1. The molecule has 2 fully saturated rings. The zero-order valence-electron chi connectivity index (χ0n) is 19.1. The van der Waals surface area contributed by atoms with Crippen LogP contribution >= 0.6 is 11.3 Å². The van der Waals surface area contributed by atoms with Crippen molar-refractivity contribution in [2.24, 2.45) is 5.92 Å². The third kappa shape index (κ3) is 3.64. The summed E-state index contributed by atoms with van der Waals surface area (Å²) in [6, 6.07) is 24.0. The summed E-state index contributed by atoms with van der Waals surface area (Å²) in [4.78, 5) is 18.1. The van der Waals surface area contributed by atoms with Crippen molar-refractivity contribution in [1.82, 2.24) is 10.2 Å². The molecular weight excluding hydrogens is 424 g/mol. The first-order chi connectivity index (χ1) is 16.3. The molecule has 2 aromatic carbocycles. The Kier molecular flexibility index (Phi) is 5.59. The van der Waals surface area contributed by atoms with Crippen LogP contribution in [0.3, 0.4) is 0 Å². The van der Waals surface area contributed by atoms with Gasteiger partial charge in [-0.3, -0.25) is 4.79 Å². The SMILES string of the molecule is O=C(C1CNC[C@]12CCCc1sccc12)N1CC[C@@H](c2ccccc2)C[C@H]1c1ccccc1. The molecule has 3 aliphatic rings. The van der Waals surface area contributed by atoms with Crippen molar-refractivity contribution in [2.75, 3.05) is 19.6 Å². The number of piperidine rings is 1. The molecule has 6 rings (SSSR count). The van der Waals surface area contributed by atoms with Crippen LogP contribution in [0.1, 0.15) is 59.2 Å². The maximum absolute atomic E-state index is 14.3. The molecule has 0 saturated carbocycles. The van der Waals surface area contributed by atoms with Crippen LogP contribution in [-0.4, -0.2) is 30.4 Å². The number of hydrogen-bond acceptors (Lipinski definition) is 3. The van der Waals surface area contributed by atoms with Crippen LogP contribution in [-0.2, 0) is 16.6 Å². The lowest BCUT2D eigenvalue weighted by atomic mass is 9.65. The van der Waals surface area contributed by atoms with E-state index in [1.807, 2.05) is 11.3 Å². The minimum atomic E-state index is -0.0256. The molecule has 1 aliphatic carbocycles. The van der Waals surface area contributed by atoms with Gasteiger partial charge < -0.3 is 10.2 Å². The number of aryl methyl sites for hydroxylation is 1. The minimum absolute atomic E-state index is 0.0256. The van der Waals surface area contributed by atoms with E-state index in [0.717, 1.165) is 38.9 Å². The van der Waals surface area contributed by atoms with Crippen LogP contribution in [0.25, 0.3) is 0 Å². The Morgan fingerprint density at radius 1 is 1.00 bits per heavy atom. The van der Waals surface area contributed by atoms with Gasteiger partial charge in [-0.2, -0.15) is 0 Å². The summed E-state index contributed by atoms with van der Waals surface area (Å²) in [5.41, 5.74) is 4.10. The van der Waals surface area contributed by atoms with Crippen molar-refractivity contribution >= 4 is 17.2 Å². The predicted molar refractivity (Wildman–Crippen MR) is 135 cm³/mol. The molecule has 2 saturated heterocycles. The zero-order valence-corrected chi connectivity index (χ0v) is 19.9. The number of nitrogens with zero attached hydrogens (tertiary/aromatic N) is 1. The van der Waals surface area contributed by atoms with E-state index in [-0.39, 0.29) is 17.4 Å². The molecule has 1 spiro atoms. The van der Waals surface area contributed by atoms with E-state index in [0.29, 0.717) is 11.8 Å². The lowest BCUT2D eigenvalue weighted by molar-refractivity contribution is -0.141. The molecule has 4 atom stereocenters. The highest BCUT2D eigenvalue weighted by Gasteiger charge is 2.52. The highest BCUT2D eigenvalue weighted by molar-refractivity contribution is 7.10. The van der Waals surface area contributed by atoms with E-state index >= 15 is 0 Å². The summed E-state index contributed by atoms with van der Waals surface area (Å²) in [6.45, 7) is 2.57. The maximum atomic E-state index is 14.3. The van der Waals surface area contributed by atoms with Crippen LogP contribution in [0.5, 0.6) is 0 Å². The van der Waals surface area contributed by atoms with Gasteiger partial charge in [0.1, 0.15) is 0 Å². The van der Waals surface area contributed by atoms with E-state index < -0.39 is 0 Å². The summed E-state index contributed by atoms with van der Waals surface area (Å²) < 4.78 is 0. The number of benzene rings is 2. The molecule has 0 bridgehead atoms. The monoisotopic (exact) mass is 456 g/mol. The minimum Gasteiger partial charge on any atom is -0.335 e. The van der Waals surface area contributed by atoms with Crippen LogP contribution < -0.4 is 5.32 Å². The van der Waals surface area contributed by atoms with E-state index in [4.69, 9.17) is 0 Å². The Morgan fingerprint density at radius 3 is 2.55 bits per heavy atom. The number of hydrogen-bond donors (Lipinski definition) is 1. The Morgan fingerprint density at radius 2 is 1.76 bits per heavy atom. The number of carbonyl (C=O) groups is 1. The highest BCUT2D eigenvalue weighted by Crippen LogP contribution is 2.49. The quantitative estimate of drug-likeness (QED) is 0.549. The standard InChI is InChI=1S/C29H32N2OS/c32-28(25-19-30-20-29(25)15-7-12-27-24(29)14-17-33-27)31-16-13-23(21-8-3-1-4-9-21)18-26(31)22-10-5-2-6-11-22/h1-6,8-11,14,17,23,25-26,30H,7,12-13,15-16,18-20H2/t23-,25?,26+,29+/m1/s1. The maximum Gasteiger partial charge on any atom is 0.228 e. The van der Waals surface area contributed by atoms with E-state index in [2.05, 4.69) is 82.3 Å². The largest absolute Gasteiger partial charge is 0.335 e. The third-order valence-corrected chi connectivity index (χ3v) is 9.38. The van der Waals surface area contributed by atoms with Crippen LogP contribution in [0.2, 0.25) is 0 Å². The smallest absolute Gasteiger partial charge is 0.228 e. The molecule has 3 nitrogen and oxygen atoms in total. The lowest BCUT2D eigenvalue weighted by Crippen LogP contribution is -2.50. The van der Waals surface area contributed by atoms with Crippen molar-refractivity contribution in [3.05, 3.63) is 93.7 Å². The average Bonchev–Trinajstić information content (AvgIpc) is 3.53. The molecule has 1 N–H and O–H groups in total. The predicted octanol–water partition coefficient (Wildman–Crippen LogP) is 5.69. The van der Waals surface area contributed by atoms with Crippen molar-refractivity contribution in [3.63, 3.8) is 0 Å². The Bertz CT molecular complexity index is 1110. The molecule has 170 valence electrons. The normalized spacial score (nSPS) is 29.2. The molecule has 3 aromatic rings. The van der Waals surface area contributed by atoms with Crippen LogP contribution in [0, 0.1) is 5.92 Å². The van der Waals surface area contributed by atoms with Gasteiger partial charge in [0.2, 0.25) is 5.91 Å². The molecule has 3 heterocycles. The van der Waals surface area contributed by atoms with Gasteiger partial charge in [0, 0.05) is 29.9 Å². The van der Waals surface area contributed by atoms with Crippen LogP contribution in [0.15, 0.2) is 72.1 Å². The molecule has 2 aliphatic heterocycles. The van der Waals surface area contributed by atoms with Crippen LogP contribution in [0.4, 0.5) is 0 Å². The van der Waals surface area contributed by atoms with Gasteiger partial charge in [0.15, 0.2) is 0 Å². The van der Waals surface area contributed by atoms with Crippen molar-refractivity contribution in [3.8, 4) is 0 Å². The van der Waals surface area contributed by atoms with Crippen molar-refractivity contribution < 1.29 is 4.79 Å². The topological polar surface area (TPSA) is 32.3 Å². The average molecular weight is 457 g/mol. The number of carbonyl (C=O) groups excluding carboxylic acids is 1.